The van der Waals surface area contributed by atoms with Crippen LogP contribution >= 0.6 is 0 Å². The molecule has 1 aromatic heterocycles. The van der Waals surface area contributed by atoms with E-state index in [1.165, 1.54) is 50.6 Å². The quantitative estimate of drug-likeness (QED) is 0.343. The molecular weight excluding hydrogens is 501 g/mol. The van der Waals surface area contributed by atoms with Gasteiger partial charge in [0.25, 0.3) is 0 Å². The number of halogens is 3. The van der Waals surface area contributed by atoms with E-state index in [0.717, 1.165) is 6.07 Å². The van der Waals surface area contributed by atoms with Gasteiger partial charge in [-0.2, -0.15) is 18.4 Å². The fraction of sp³-hybridized carbons (Fsp3) is 0.143. The molecule has 1 unspecified atom stereocenters. The summed E-state index contributed by atoms with van der Waals surface area (Å²) in [5.41, 5.74) is 4.89. The maximum atomic E-state index is 13.9. The number of alkyl halides is 3. The number of nitrogens with zero attached hydrogens (tertiary/aromatic N) is 1. The molecule has 2 N–H and O–H groups in total. The van der Waals surface area contributed by atoms with E-state index in [9.17, 15) is 23.2 Å². The predicted molar refractivity (Wildman–Crippen MR) is 132 cm³/mol. The zero-order valence-electron chi connectivity index (χ0n) is 20.1. The molecule has 0 fully saturated rings. The third-order valence-corrected chi connectivity index (χ3v) is 6.35. The first-order chi connectivity index (χ1) is 18.2. The molecular formula is C28H19F3N2O5. The van der Waals surface area contributed by atoms with E-state index in [1.54, 1.807) is 18.2 Å². The minimum atomic E-state index is -4.63. The maximum absolute atomic E-state index is 13.9. The van der Waals surface area contributed by atoms with E-state index >= 15 is 0 Å². The van der Waals surface area contributed by atoms with Gasteiger partial charge in [-0.1, -0.05) is 24.3 Å². The Bertz CT molecular complexity index is 1720. The van der Waals surface area contributed by atoms with Crippen molar-refractivity contribution in [3.05, 3.63) is 99.2 Å². The number of nitrogens with two attached hydrogens (primary N) is 1. The average molecular weight is 520 g/mol. The van der Waals surface area contributed by atoms with Gasteiger partial charge in [0.15, 0.2) is 5.75 Å². The van der Waals surface area contributed by atoms with Crippen LogP contribution in [0, 0.1) is 11.3 Å². The van der Waals surface area contributed by atoms with Crippen molar-refractivity contribution in [2.75, 3.05) is 14.2 Å². The van der Waals surface area contributed by atoms with Gasteiger partial charge in [-0.25, -0.2) is 4.79 Å². The van der Waals surface area contributed by atoms with E-state index in [2.05, 4.69) is 0 Å². The number of fused-ring (bicyclic) bond motifs is 3. The monoisotopic (exact) mass is 520 g/mol. The molecule has 0 bridgehead atoms. The molecule has 3 aromatic carbocycles. The van der Waals surface area contributed by atoms with Gasteiger partial charge in [-0.15, -0.1) is 0 Å². The summed E-state index contributed by atoms with van der Waals surface area (Å²) >= 11 is 0. The second-order valence-corrected chi connectivity index (χ2v) is 8.42. The molecule has 192 valence electrons. The molecule has 4 aromatic rings. The number of allylic oxidation sites excluding steroid dienone is 1. The molecule has 0 saturated carbocycles. The van der Waals surface area contributed by atoms with Crippen LogP contribution in [0.2, 0.25) is 0 Å². The Kier molecular flexibility index (Phi) is 5.99. The summed E-state index contributed by atoms with van der Waals surface area (Å²) in [6.07, 6.45) is -4.63. The topological polar surface area (TPSA) is 108 Å². The standard InChI is InChI=1S/C28H19F3N2O5/c1-35-15-8-10-22-18(12-15)25-24(27(34)37-22)23(19(13-32)26(33)38-25)14-7-9-21(36-2)17(11-14)16-5-3-4-6-20(16)28(29,30)31/h3-12,23H,33H2,1-2H3. The second-order valence-electron chi connectivity index (χ2n) is 8.42. The van der Waals surface area contributed by atoms with Gasteiger partial charge in [0.1, 0.15) is 28.7 Å². The number of nitriles is 1. The van der Waals surface area contributed by atoms with Crippen LogP contribution in [0.15, 0.2) is 81.3 Å². The van der Waals surface area contributed by atoms with Crippen LogP contribution in [-0.4, -0.2) is 14.2 Å². The molecule has 10 heteroatoms. The molecule has 0 aliphatic carbocycles. The predicted octanol–water partition coefficient (Wildman–Crippen LogP) is 5.71. The summed E-state index contributed by atoms with van der Waals surface area (Å²) < 4.78 is 63.5. The molecule has 0 spiro atoms. The van der Waals surface area contributed by atoms with Gasteiger partial charge in [-0.05, 0) is 47.5 Å². The van der Waals surface area contributed by atoms with E-state index < -0.39 is 23.3 Å². The normalized spacial score (nSPS) is 15.0. The molecule has 7 nitrogen and oxygen atoms in total. The first-order valence-corrected chi connectivity index (χ1v) is 11.2. The van der Waals surface area contributed by atoms with Crippen molar-refractivity contribution in [2.24, 2.45) is 5.73 Å². The number of hydrogen-bond donors (Lipinski definition) is 1. The SMILES string of the molecule is COc1ccc2oc(=O)c3c(c2c1)OC(N)=C(C#N)C3c1ccc(OC)c(-c2ccccc2C(F)(F)F)c1. The van der Waals surface area contributed by atoms with Gasteiger partial charge in [0, 0.05) is 5.56 Å². The van der Waals surface area contributed by atoms with Crippen molar-refractivity contribution >= 4 is 11.0 Å². The summed E-state index contributed by atoms with van der Waals surface area (Å²) in [4.78, 5) is 13.2. The number of ether oxygens (including phenoxy) is 3. The largest absolute Gasteiger partial charge is 0.497 e. The molecule has 0 amide bonds. The highest BCUT2D eigenvalue weighted by molar-refractivity contribution is 5.87. The first kappa shape index (κ1) is 24.8. The first-order valence-electron chi connectivity index (χ1n) is 11.2. The fourth-order valence-electron chi connectivity index (χ4n) is 4.64. The minimum Gasteiger partial charge on any atom is -0.497 e. The fourth-order valence-corrected chi connectivity index (χ4v) is 4.64. The lowest BCUT2D eigenvalue weighted by Gasteiger charge is -2.27. The van der Waals surface area contributed by atoms with Gasteiger partial charge in [0.2, 0.25) is 5.88 Å². The Balaban J connectivity index is 1.81. The Morgan fingerprint density at radius 1 is 1.00 bits per heavy atom. The van der Waals surface area contributed by atoms with Crippen molar-refractivity contribution in [3.8, 4) is 34.4 Å². The van der Waals surface area contributed by atoms with Crippen LogP contribution in [0.3, 0.4) is 0 Å². The van der Waals surface area contributed by atoms with Crippen LogP contribution in [0.5, 0.6) is 17.2 Å². The summed E-state index contributed by atoms with van der Waals surface area (Å²) in [6.45, 7) is 0. The van der Waals surface area contributed by atoms with E-state index in [0.29, 0.717) is 16.7 Å². The highest BCUT2D eigenvalue weighted by Crippen LogP contribution is 2.47. The number of rotatable bonds is 4. The molecule has 1 atom stereocenters. The van der Waals surface area contributed by atoms with Crippen molar-refractivity contribution in [2.45, 2.75) is 12.1 Å². The smallest absolute Gasteiger partial charge is 0.417 e. The third-order valence-electron chi connectivity index (χ3n) is 6.35. The zero-order chi connectivity index (χ0) is 27.2. The molecule has 1 aliphatic heterocycles. The number of benzene rings is 3. The number of hydrogen-bond acceptors (Lipinski definition) is 7. The highest BCUT2D eigenvalue weighted by Gasteiger charge is 2.37. The van der Waals surface area contributed by atoms with Crippen LogP contribution in [0.25, 0.3) is 22.1 Å². The minimum absolute atomic E-state index is 0.0169. The molecule has 0 radical (unpaired) electrons. The molecule has 2 heterocycles. The molecule has 1 aliphatic rings. The van der Waals surface area contributed by atoms with Crippen LogP contribution in [-0.2, 0) is 6.18 Å². The lowest BCUT2D eigenvalue weighted by molar-refractivity contribution is -0.137. The van der Waals surface area contributed by atoms with Crippen molar-refractivity contribution < 1.29 is 31.8 Å². The van der Waals surface area contributed by atoms with Gasteiger partial charge >= 0.3 is 11.8 Å². The van der Waals surface area contributed by atoms with E-state index in [4.69, 9.17) is 24.4 Å². The van der Waals surface area contributed by atoms with Crippen molar-refractivity contribution in [1.82, 2.24) is 0 Å². The zero-order valence-corrected chi connectivity index (χ0v) is 20.1. The van der Waals surface area contributed by atoms with E-state index in [1.807, 2.05) is 6.07 Å². The molecule has 5 rings (SSSR count). The van der Waals surface area contributed by atoms with Crippen LogP contribution in [0.1, 0.15) is 22.6 Å². The van der Waals surface area contributed by atoms with Crippen molar-refractivity contribution in [1.29, 1.82) is 5.26 Å². The number of methoxy groups -OCH3 is 2. The Morgan fingerprint density at radius 3 is 2.45 bits per heavy atom. The van der Waals surface area contributed by atoms with Crippen LogP contribution in [0.4, 0.5) is 13.2 Å². The Labute approximate surface area is 214 Å². The average Bonchev–Trinajstić information content (AvgIpc) is 2.91. The Morgan fingerprint density at radius 2 is 1.76 bits per heavy atom. The molecule has 0 saturated heterocycles. The van der Waals surface area contributed by atoms with E-state index in [-0.39, 0.29) is 45.2 Å². The summed E-state index contributed by atoms with van der Waals surface area (Å²) in [6, 6.07) is 16.3. The third kappa shape index (κ3) is 3.98. The summed E-state index contributed by atoms with van der Waals surface area (Å²) in [5, 5.41) is 10.3. The van der Waals surface area contributed by atoms with Gasteiger partial charge < -0.3 is 24.4 Å². The lowest BCUT2D eigenvalue weighted by atomic mass is 9.82. The van der Waals surface area contributed by atoms with Gasteiger partial charge in [0.05, 0.1) is 36.7 Å². The Hall–Kier alpha value is -4.91. The maximum Gasteiger partial charge on any atom is 0.417 e. The van der Waals surface area contributed by atoms with Gasteiger partial charge in [-0.3, -0.25) is 0 Å². The molecule has 38 heavy (non-hydrogen) atoms. The lowest BCUT2D eigenvalue weighted by Crippen LogP contribution is -2.26. The summed E-state index contributed by atoms with van der Waals surface area (Å²) in [7, 11) is 2.81. The van der Waals surface area contributed by atoms with Crippen LogP contribution < -0.4 is 25.6 Å². The summed E-state index contributed by atoms with van der Waals surface area (Å²) in [5.74, 6) is -0.628. The highest BCUT2D eigenvalue weighted by atomic mass is 19.4. The second kappa shape index (κ2) is 9.19. The van der Waals surface area contributed by atoms with Crippen molar-refractivity contribution in [3.63, 3.8) is 0 Å².